The molecule has 1 heterocycles. The van der Waals surface area contributed by atoms with Gasteiger partial charge in [-0.25, -0.2) is 9.78 Å². The summed E-state index contributed by atoms with van der Waals surface area (Å²) in [6, 6.07) is 6.88. The minimum atomic E-state index is -1.55. The molecule has 2 rings (SSSR count). The van der Waals surface area contributed by atoms with Gasteiger partial charge in [0.2, 0.25) is 0 Å². The van der Waals surface area contributed by atoms with Gasteiger partial charge in [-0.3, -0.25) is 4.57 Å². The molecule has 0 bridgehead atoms. The number of aromatic nitrogens is 2. The standard InChI is InChI=1S/C12H13BN2O3/c1-9-6-14-12(16)15(7-9)8-10-4-2-3-5-11(10)13(17)18/h2-7,17-18H,8H2,1H3. The van der Waals surface area contributed by atoms with Crippen molar-refractivity contribution in [2.75, 3.05) is 0 Å². The Hall–Kier alpha value is -1.92. The van der Waals surface area contributed by atoms with E-state index >= 15 is 0 Å². The molecule has 0 aliphatic carbocycles. The average Bonchev–Trinajstić information content (AvgIpc) is 2.34. The third-order valence-corrected chi connectivity index (χ3v) is 2.66. The summed E-state index contributed by atoms with van der Waals surface area (Å²) in [5, 5.41) is 18.5. The molecule has 2 N–H and O–H groups in total. The van der Waals surface area contributed by atoms with Crippen LogP contribution < -0.4 is 11.2 Å². The maximum Gasteiger partial charge on any atom is 0.488 e. The first kappa shape index (κ1) is 12.5. The number of hydrogen-bond donors (Lipinski definition) is 2. The van der Waals surface area contributed by atoms with E-state index in [1.54, 1.807) is 30.5 Å². The Labute approximate surface area is 105 Å². The molecule has 1 aromatic carbocycles. The molecule has 6 heteroatoms. The summed E-state index contributed by atoms with van der Waals surface area (Å²) in [4.78, 5) is 15.3. The highest BCUT2D eigenvalue weighted by Gasteiger charge is 2.15. The molecule has 0 spiro atoms. The number of nitrogens with zero attached hydrogens (tertiary/aromatic N) is 2. The van der Waals surface area contributed by atoms with Crippen molar-refractivity contribution in [3.05, 3.63) is 58.3 Å². The van der Waals surface area contributed by atoms with Gasteiger partial charge in [-0.15, -0.1) is 0 Å². The lowest BCUT2D eigenvalue weighted by molar-refractivity contribution is 0.425. The zero-order chi connectivity index (χ0) is 13.1. The van der Waals surface area contributed by atoms with Crippen LogP contribution >= 0.6 is 0 Å². The Morgan fingerprint density at radius 2 is 2.06 bits per heavy atom. The molecule has 18 heavy (non-hydrogen) atoms. The highest BCUT2D eigenvalue weighted by atomic mass is 16.4. The smallest absolute Gasteiger partial charge is 0.423 e. The molecule has 0 unspecified atom stereocenters. The monoisotopic (exact) mass is 244 g/mol. The van der Waals surface area contributed by atoms with E-state index in [0.29, 0.717) is 11.0 Å². The molecule has 0 aliphatic heterocycles. The summed E-state index contributed by atoms with van der Waals surface area (Å²) in [6.45, 7) is 2.11. The summed E-state index contributed by atoms with van der Waals surface area (Å²) in [5.41, 5.74) is 1.59. The number of rotatable bonds is 3. The Balaban J connectivity index is 2.40. The average molecular weight is 244 g/mol. The molecule has 0 fully saturated rings. The molecule has 2 aromatic rings. The van der Waals surface area contributed by atoms with Crippen LogP contribution in [-0.4, -0.2) is 26.7 Å². The SMILES string of the molecule is Cc1cnc(=O)n(Cc2ccccc2B(O)O)c1. The number of hydrogen-bond acceptors (Lipinski definition) is 4. The topological polar surface area (TPSA) is 75.4 Å². The van der Waals surface area contributed by atoms with Crippen molar-refractivity contribution in [3.8, 4) is 0 Å². The van der Waals surface area contributed by atoms with Crippen LogP contribution in [0, 0.1) is 6.92 Å². The van der Waals surface area contributed by atoms with Crippen LogP contribution in [0.4, 0.5) is 0 Å². The highest BCUT2D eigenvalue weighted by Crippen LogP contribution is 2.00. The van der Waals surface area contributed by atoms with Gasteiger partial charge in [0.1, 0.15) is 0 Å². The largest absolute Gasteiger partial charge is 0.488 e. The van der Waals surface area contributed by atoms with Gasteiger partial charge in [0.15, 0.2) is 0 Å². The van der Waals surface area contributed by atoms with Gasteiger partial charge in [-0.1, -0.05) is 24.3 Å². The van der Waals surface area contributed by atoms with Crippen LogP contribution in [0.15, 0.2) is 41.5 Å². The number of benzene rings is 1. The van der Waals surface area contributed by atoms with Gasteiger partial charge in [-0.2, -0.15) is 0 Å². The third kappa shape index (κ3) is 2.66. The molecule has 0 atom stereocenters. The van der Waals surface area contributed by atoms with E-state index in [9.17, 15) is 14.8 Å². The van der Waals surface area contributed by atoms with E-state index < -0.39 is 7.12 Å². The van der Waals surface area contributed by atoms with Crippen molar-refractivity contribution in [2.45, 2.75) is 13.5 Å². The van der Waals surface area contributed by atoms with E-state index in [1.807, 2.05) is 6.92 Å². The molecule has 0 radical (unpaired) electrons. The Bertz CT molecular complexity index is 610. The molecule has 5 nitrogen and oxygen atoms in total. The summed E-state index contributed by atoms with van der Waals surface area (Å²) in [5.74, 6) is 0. The second kappa shape index (κ2) is 5.16. The van der Waals surface area contributed by atoms with E-state index in [0.717, 1.165) is 5.56 Å². The third-order valence-electron chi connectivity index (χ3n) is 2.66. The lowest BCUT2D eigenvalue weighted by Gasteiger charge is -2.10. The summed E-state index contributed by atoms with van der Waals surface area (Å²) in [6.07, 6.45) is 3.20. The zero-order valence-corrected chi connectivity index (χ0v) is 9.95. The van der Waals surface area contributed by atoms with E-state index in [1.165, 1.54) is 10.8 Å². The van der Waals surface area contributed by atoms with Gasteiger partial charge >= 0.3 is 12.8 Å². The predicted octanol–water partition coefficient (Wildman–Crippen LogP) is -0.720. The minimum Gasteiger partial charge on any atom is -0.423 e. The molecule has 0 aliphatic rings. The van der Waals surface area contributed by atoms with Gasteiger partial charge < -0.3 is 10.0 Å². The Morgan fingerprint density at radius 1 is 1.33 bits per heavy atom. The van der Waals surface area contributed by atoms with Gasteiger partial charge in [0.05, 0.1) is 6.54 Å². The Kier molecular flexibility index (Phi) is 3.59. The zero-order valence-electron chi connectivity index (χ0n) is 9.95. The highest BCUT2D eigenvalue weighted by molar-refractivity contribution is 6.59. The molecular formula is C12H13BN2O3. The lowest BCUT2D eigenvalue weighted by Crippen LogP contribution is -2.35. The fourth-order valence-corrected chi connectivity index (χ4v) is 1.79. The van der Waals surface area contributed by atoms with Crippen molar-refractivity contribution in [1.82, 2.24) is 9.55 Å². The first-order chi connectivity index (χ1) is 8.58. The number of aryl methyl sites for hydroxylation is 1. The van der Waals surface area contributed by atoms with Crippen molar-refractivity contribution >= 4 is 12.6 Å². The Morgan fingerprint density at radius 3 is 2.78 bits per heavy atom. The van der Waals surface area contributed by atoms with Gasteiger partial charge in [-0.05, 0) is 23.5 Å². The molecule has 92 valence electrons. The fourth-order valence-electron chi connectivity index (χ4n) is 1.79. The van der Waals surface area contributed by atoms with Crippen LogP contribution in [-0.2, 0) is 6.54 Å². The molecule has 1 aromatic heterocycles. The van der Waals surface area contributed by atoms with E-state index in [4.69, 9.17) is 0 Å². The van der Waals surface area contributed by atoms with Crippen molar-refractivity contribution in [1.29, 1.82) is 0 Å². The minimum absolute atomic E-state index is 0.265. The summed E-state index contributed by atoms with van der Waals surface area (Å²) in [7, 11) is -1.55. The molecule has 0 amide bonds. The second-order valence-corrected chi connectivity index (χ2v) is 4.11. The fraction of sp³-hybridized carbons (Fsp3) is 0.167. The lowest BCUT2D eigenvalue weighted by atomic mass is 9.77. The maximum atomic E-state index is 11.6. The van der Waals surface area contributed by atoms with Crippen LogP contribution in [0.2, 0.25) is 0 Å². The molecule has 0 saturated heterocycles. The van der Waals surface area contributed by atoms with Crippen LogP contribution in [0.1, 0.15) is 11.1 Å². The normalized spacial score (nSPS) is 10.4. The van der Waals surface area contributed by atoms with E-state index in [-0.39, 0.29) is 12.2 Å². The molecule has 0 saturated carbocycles. The van der Waals surface area contributed by atoms with Gasteiger partial charge in [0.25, 0.3) is 0 Å². The van der Waals surface area contributed by atoms with Crippen LogP contribution in [0.25, 0.3) is 0 Å². The van der Waals surface area contributed by atoms with Crippen molar-refractivity contribution < 1.29 is 10.0 Å². The van der Waals surface area contributed by atoms with Crippen LogP contribution in [0.5, 0.6) is 0 Å². The van der Waals surface area contributed by atoms with Crippen molar-refractivity contribution in [2.24, 2.45) is 0 Å². The van der Waals surface area contributed by atoms with E-state index in [2.05, 4.69) is 4.98 Å². The summed E-state index contributed by atoms with van der Waals surface area (Å²) >= 11 is 0. The summed E-state index contributed by atoms with van der Waals surface area (Å²) < 4.78 is 1.44. The van der Waals surface area contributed by atoms with Gasteiger partial charge in [0, 0.05) is 12.4 Å². The predicted molar refractivity (Wildman–Crippen MR) is 68.6 cm³/mol. The molecular weight excluding hydrogens is 231 g/mol. The first-order valence-corrected chi connectivity index (χ1v) is 5.55. The van der Waals surface area contributed by atoms with Crippen molar-refractivity contribution in [3.63, 3.8) is 0 Å². The quantitative estimate of drug-likeness (QED) is 0.698. The first-order valence-electron chi connectivity index (χ1n) is 5.55. The maximum absolute atomic E-state index is 11.6. The van der Waals surface area contributed by atoms with Crippen LogP contribution in [0.3, 0.4) is 0 Å². The second-order valence-electron chi connectivity index (χ2n) is 4.11.